The SMILES string of the molecule is CCc1nc2ccccc2n1-c1ccc(-c2c(-c3ccc(-c4ccccc4OC)cc3)c(-c3ccccc3)c3c(c2-c2ccccc2)-c2cccc4cccc-3c24)cc1. The van der Waals surface area contributed by atoms with E-state index in [4.69, 9.17) is 9.72 Å². The third kappa shape index (κ3) is 5.54. The predicted octanol–water partition coefficient (Wildman–Crippen LogP) is 14.7. The van der Waals surface area contributed by atoms with Crippen LogP contribution in [0.3, 0.4) is 0 Å². The van der Waals surface area contributed by atoms with Crippen molar-refractivity contribution in [2.24, 2.45) is 0 Å². The van der Waals surface area contributed by atoms with E-state index in [1.807, 2.05) is 12.1 Å². The van der Waals surface area contributed by atoms with Gasteiger partial charge in [0.15, 0.2) is 0 Å². The third-order valence-corrected chi connectivity index (χ3v) is 12.0. The summed E-state index contributed by atoms with van der Waals surface area (Å²) in [6.07, 6.45) is 0.834. The van der Waals surface area contributed by atoms with E-state index >= 15 is 0 Å². The number of imidazole rings is 1. The molecule has 0 unspecified atom stereocenters. The molecule has 59 heavy (non-hydrogen) atoms. The van der Waals surface area contributed by atoms with Crippen LogP contribution in [0.4, 0.5) is 0 Å². The molecule has 1 aromatic heterocycles. The summed E-state index contributed by atoms with van der Waals surface area (Å²) in [6, 6.07) is 70.5. The molecule has 3 heteroatoms. The summed E-state index contributed by atoms with van der Waals surface area (Å²) in [6.45, 7) is 2.18. The average molecular weight is 757 g/mol. The van der Waals surface area contributed by atoms with E-state index in [1.165, 1.54) is 66.4 Å². The van der Waals surface area contributed by atoms with Crippen LogP contribution < -0.4 is 4.74 Å². The Morgan fingerprint density at radius 2 is 0.898 bits per heavy atom. The molecule has 0 fully saturated rings. The van der Waals surface area contributed by atoms with E-state index in [0.29, 0.717) is 0 Å². The lowest BCUT2D eigenvalue weighted by molar-refractivity contribution is 0.416. The van der Waals surface area contributed by atoms with Crippen molar-refractivity contribution in [2.45, 2.75) is 13.3 Å². The summed E-state index contributed by atoms with van der Waals surface area (Å²) >= 11 is 0. The van der Waals surface area contributed by atoms with Gasteiger partial charge in [-0.05, 0) is 113 Å². The average Bonchev–Trinajstić information content (AvgIpc) is 3.86. The summed E-state index contributed by atoms with van der Waals surface area (Å²) in [5, 5.41) is 2.56. The number of para-hydroxylation sites is 3. The topological polar surface area (TPSA) is 27.1 Å². The summed E-state index contributed by atoms with van der Waals surface area (Å²) in [5.41, 5.74) is 20.1. The molecule has 3 nitrogen and oxygen atoms in total. The van der Waals surface area contributed by atoms with Crippen molar-refractivity contribution in [1.82, 2.24) is 9.55 Å². The van der Waals surface area contributed by atoms with Crippen molar-refractivity contribution in [3.05, 3.63) is 200 Å². The molecule has 1 aliphatic carbocycles. The van der Waals surface area contributed by atoms with Crippen molar-refractivity contribution in [3.8, 4) is 89.3 Å². The molecular formula is C56H40N2O. The second-order valence-corrected chi connectivity index (χ2v) is 15.2. The number of hydrogen-bond donors (Lipinski definition) is 0. The molecule has 10 aromatic rings. The fourth-order valence-electron chi connectivity index (χ4n) is 9.49. The number of hydrogen-bond acceptors (Lipinski definition) is 2. The first-order valence-corrected chi connectivity index (χ1v) is 20.4. The Balaban J connectivity index is 1.27. The van der Waals surface area contributed by atoms with Gasteiger partial charge >= 0.3 is 0 Å². The van der Waals surface area contributed by atoms with Gasteiger partial charge in [0, 0.05) is 17.7 Å². The van der Waals surface area contributed by atoms with Gasteiger partial charge in [-0.25, -0.2) is 4.98 Å². The van der Waals surface area contributed by atoms with E-state index < -0.39 is 0 Å². The first kappa shape index (κ1) is 34.7. The number of aryl methyl sites for hydroxylation is 1. The van der Waals surface area contributed by atoms with Crippen LogP contribution in [-0.4, -0.2) is 16.7 Å². The number of benzene rings is 9. The van der Waals surface area contributed by atoms with Gasteiger partial charge < -0.3 is 4.74 Å². The highest BCUT2D eigenvalue weighted by Crippen LogP contribution is 2.60. The Hall–Kier alpha value is -7.49. The number of rotatable bonds is 8. The van der Waals surface area contributed by atoms with Crippen LogP contribution in [0.2, 0.25) is 0 Å². The first-order valence-electron chi connectivity index (χ1n) is 20.4. The third-order valence-electron chi connectivity index (χ3n) is 12.0. The number of ether oxygens (including phenoxy) is 1. The molecule has 0 saturated heterocycles. The van der Waals surface area contributed by atoms with Crippen molar-refractivity contribution >= 4 is 21.8 Å². The zero-order chi connectivity index (χ0) is 39.5. The van der Waals surface area contributed by atoms with E-state index in [2.05, 4.69) is 193 Å². The van der Waals surface area contributed by atoms with E-state index in [1.54, 1.807) is 7.11 Å². The largest absolute Gasteiger partial charge is 0.496 e. The van der Waals surface area contributed by atoms with Crippen LogP contribution in [0.5, 0.6) is 5.75 Å². The molecule has 1 aliphatic rings. The van der Waals surface area contributed by atoms with Crippen LogP contribution in [0.15, 0.2) is 194 Å². The molecule has 0 saturated carbocycles. The number of fused-ring (bicyclic) bond motifs is 4. The fraction of sp³-hybridized carbons (Fsp3) is 0.0536. The predicted molar refractivity (Wildman–Crippen MR) is 246 cm³/mol. The highest BCUT2D eigenvalue weighted by atomic mass is 16.5. The first-order chi connectivity index (χ1) is 29.2. The monoisotopic (exact) mass is 756 g/mol. The smallest absolute Gasteiger partial charge is 0.126 e. The fourth-order valence-corrected chi connectivity index (χ4v) is 9.49. The Morgan fingerprint density at radius 1 is 0.424 bits per heavy atom. The van der Waals surface area contributed by atoms with E-state index in [-0.39, 0.29) is 0 Å². The van der Waals surface area contributed by atoms with Gasteiger partial charge in [-0.15, -0.1) is 0 Å². The standard InChI is InChI=1S/C56H40N2O/c1-3-49-57-46-25-11-12-26-47(46)58(49)42-34-32-41(33-35-42)52-51(40-30-28-36(29-31-40)43-22-10-13-27-48(43)59-2)53(38-16-6-4-7-17-38)55-44-23-14-20-37-21-15-24-45(50(37)44)56(55)54(52)39-18-8-5-9-19-39/h4-35H,3H2,1-2H3. The Kier molecular flexibility index (Phi) is 8.34. The zero-order valence-corrected chi connectivity index (χ0v) is 33.0. The second-order valence-electron chi connectivity index (χ2n) is 15.2. The molecule has 0 amide bonds. The quantitative estimate of drug-likeness (QED) is 0.154. The molecule has 0 spiro atoms. The molecule has 11 rings (SSSR count). The molecular weight excluding hydrogens is 717 g/mol. The second kappa shape index (κ2) is 14.2. The van der Waals surface area contributed by atoms with Crippen LogP contribution >= 0.6 is 0 Å². The van der Waals surface area contributed by atoms with Gasteiger partial charge in [0.25, 0.3) is 0 Å². The molecule has 0 radical (unpaired) electrons. The molecule has 9 aromatic carbocycles. The molecule has 0 atom stereocenters. The van der Waals surface area contributed by atoms with Crippen molar-refractivity contribution < 1.29 is 4.74 Å². The lowest BCUT2D eigenvalue weighted by atomic mass is 9.76. The molecule has 280 valence electrons. The lowest BCUT2D eigenvalue weighted by Gasteiger charge is -2.26. The van der Waals surface area contributed by atoms with Crippen LogP contribution in [0.25, 0.3) is 105 Å². The van der Waals surface area contributed by atoms with Crippen molar-refractivity contribution in [1.29, 1.82) is 0 Å². The van der Waals surface area contributed by atoms with Gasteiger partial charge in [-0.1, -0.05) is 171 Å². The Morgan fingerprint density at radius 3 is 1.49 bits per heavy atom. The van der Waals surface area contributed by atoms with Crippen LogP contribution in [-0.2, 0) is 6.42 Å². The normalized spacial score (nSPS) is 11.6. The highest BCUT2D eigenvalue weighted by Gasteiger charge is 2.33. The number of methoxy groups -OCH3 is 1. The summed E-state index contributed by atoms with van der Waals surface area (Å²) < 4.78 is 8.12. The summed E-state index contributed by atoms with van der Waals surface area (Å²) in [5.74, 6) is 1.91. The Labute approximate surface area is 344 Å². The van der Waals surface area contributed by atoms with E-state index in [0.717, 1.165) is 57.0 Å². The van der Waals surface area contributed by atoms with Gasteiger partial charge in [-0.2, -0.15) is 0 Å². The minimum absolute atomic E-state index is 0.834. The summed E-state index contributed by atoms with van der Waals surface area (Å²) in [4.78, 5) is 5.01. The zero-order valence-electron chi connectivity index (χ0n) is 33.0. The Bertz CT molecular complexity index is 3190. The van der Waals surface area contributed by atoms with Gasteiger partial charge in [-0.3, -0.25) is 4.57 Å². The van der Waals surface area contributed by atoms with Crippen molar-refractivity contribution in [2.75, 3.05) is 7.11 Å². The van der Waals surface area contributed by atoms with Crippen molar-refractivity contribution in [3.63, 3.8) is 0 Å². The minimum atomic E-state index is 0.834. The van der Waals surface area contributed by atoms with Crippen LogP contribution in [0, 0.1) is 0 Å². The lowest BCUT2D eigenvalue weighted by Crippen LogP contribution is -2.01. The van der Waals surface area contributed by atoms with Crippen LogP contribution in [0.1, 0.15) is 12.7 Å². The molecule has 1 heterocycles. The maximum atomic E-state index is 5.81. The maximum Gasteiger partial charge on any atom is 0.126 e. The van der Waals surface area contributed by atoms with Gasteiger partial charge in [0.05, 0.1) is 18.1 Å². The highest BCUT2D eigenvalue weighted by molar-refractivity contribution is 6.25. The maximum absolute atomic E-state index is 5.81. The van der Waals surface area contributed by atoms with E-state index in [9.17, 15) is 0 Å². The molecule has 0 N–H and O–H groups in total. The van der Waals surface area contributed by atoms with Gasteiger partial charge in [0.2, 0.25) is 0 Å². The molecule has 0 bridgehead atoms. The number of aromatic nitrogens is 2. The molecule has 0 aliphatic heterocycles. The minimum Gasteiger partial charge on any atom is -0.496 e. The number of nitrogens with zero attached hydrogens (tertiary/aromatic N) is 2. The van der Waals surface area contributed by atoms with Gasteiger partial charge in [0.1, 0.15) is 11.6 Å². The summed E-state index contributed by atoms with van der Waals surface area (Å²) in [7, 11) is 1.74.